The van der Waals surface area contributed by atoms with Crippen molar-refractivity contribution in [2.24, 2.45) is 5.92 Å². The molecule has 0 radical (unpaired) electrons. The number of hydrogen-bond acceptors (Lipinski definition) is 7. The van der Waals surface area contributed by atoms with E-state index in [9.17, 15) is 14.4 Å². The number of methoxy groups -OCH3 is 1. The average Bonchev–Trinajstić information content (AvgIpc) is 3.09. The Kier molecular flexibility index (Phi) is 7.20. The molecule has 32 heavy (non-hydrogen) atoms. The Morgan fingerprint density at radius 2 is 2.00 bits per heavy atom. The van der Waals surface area contributed by atoms with Gasteiger partial charge in [0.05, 0.1) is 31.1 Å². The Morgan fingerprint density at radius 1 is 1.28 bits per heavy atom. The van der Waals surface area contributed by atoms with Crippen molar-refractivity contribution in [2.45, 2.75) is 33.7 Å². The normalized spacial score (nSPS) is 12.1. The van der Waals surface area contributed by atoms with Gasteiger partial charge in [0.2, 0.25) is 5.91 Å². The van der Waals surface area contributed by atoms with Crippen molar-refractivity contribution in [3.8, 4) is 5.75 Å². The third kappa shape index (κ3) is 4.78. The second-order valence-corrected chi connectivity index (χ2v) is 9.13. The molecular weight excluding hydrogens is 454 g/mol. The number of rotatable bonds is 7. The van der Waals surface area contributed by atoms with Crippen LogP contribution in [0, 0.1) is 12.8 Å². The lowest BCUT2D eigenvalue weighted by Crippen LogP contribution is -2.32. The van der Waals surface area contributed by atoms with Crippen molar-refractivity contribution < 1.29 is 19.1 Å². The number of aromatic nitrogens is 2. The summed E-state index contributed by atoms with van der Waals surface area (Å²) in [5.41, 5.74) is 0.475. The van der Waals surface area contributed by atoms with E-state index >= 15 is 0 Å². The molecule has 0 aliphatic heterocycles. The number of amides is 1. The highest BCUT2D eigenvalue weighted by molar-refractivity contribution is 7.20. The minimum atomic E-state index is -0.876. The van der Waals surface area contributed by atoms with Crippen molar-refractivity contribution in [3.63, 3.8) is 0 Å². The highest BCUT2D eigenvalue weighted by Crippen LogP contribution is 2.30. The Hall–Kier alpha value is -2.91. The van der Waals surface area contributed by atoms with Crippen LogP contribution in [0.4, 0.5) is 5.69 Å². The number of hydrogen-bond donors (Lipinski definition) is 1. The van der Waals surface area contributed by atoms with Gasteiger partial charge in [-0.1, -0.05) is 25.4 Å². The number of fused-ring (bicyclic) bond motifs is 1. The molecule has 170 valence electrons. The molecule has 1 atom stereocenters. The molecule has 1 amide bonds. The summed E-state index contributed by atoms with van der Waals surface area (Å²) >= 11 is 7.13. The summed E-state index contributed by atoms with van der Waals surface area (Å²) in [5.74, 6) is -0.294. The number of anilines is 1. The summed E-state index contributed by atoms with van der Waals surface area (Å²) < 4.78 is 11.8. The molecule has 1 N–H and O–H groups in total. The minimum absolute atomic E-state index is 0.196. The summed E-state index contributed by atoms with van der Waals surface area (Å²) in [4.78, 5) is 43.5. The third-order valence-electron chi connectivity index (χ3n) is 4.83. The van der Waals surface area contributed by atoms with Crippen LogP contribution in [-0.4, -0.2) is 35.1 Å². The van der Waals surface area contributed by atoms with Crippen LogP contribution in [0.25, 0.3) is 10.2 Å². The van der Waals surface area contributed by atoms with Gasteiger partial charge < -0.3 is 14.8 Å². The Bertz CT molecular complexity index is 1230. The third-order valence-corrected chi connectivity index (χ3v) is 6.24. The molecule has 1 aromatic carbocycles. The summed E-state index contributed by atoms with van der Waals surface area (Å²) in [6.45, 7) is 7.43. The largest absolute Gasteiger partial charge is 0.495 e. The maximum Gasteiger partial charge on any atom is 0.348 e. The van der Waals surface area contributed by atoms with Crippen LogP contribution < -0.4 is 15.6 Å². The second kappa shape index (κ2) is 9.70. The first-order valence-corrected chi connectivity index (χ1v) is 11.1. The minimum Gasteiger partial charge on any atom is -0.495 e. The van der Waals surface area contributed by atoms with E-state index in [0.29, 0.717) is 37.1 Å². The van der Waals surface area contributed by atoms with Crippen molar-refractivity contribution in [1.29, 1.82) is 0 Å². The fourth-order valence-electron chi connectivity index (χ4n) is 3.06. The Morgan fingerprint density at radius 3 is 2.66 bits per heavy atom. The number of esters is 1. The molecule has 10 heteroatoms. The van der Waals surface area contributed by atoms with Crippen molar-refractivity contribution in [3.05, 3.63) is 50.3 Å². The average molecular weight is 478 g/mol. The van der Waals surface area contributed by atoms with Gasteiger partial charge in [0.25, 0.3) is 5.56 Å². The first kappa shape index (κ1) is 23.7. The number of benzene rings is 1. The molecule has 0 fully saturated rings. The second-order valence-electron chi connectivity index (χ2n) is 7.70. The smallest absolute Gasteiger partial charge is 0.348 e. The van der Waals surface area contributed by atoms with Crippen LogP contribution in [0.3, 0.4) is 0 Å². The van der Waals surface area contributed by atoms with Crippen LogP contribution in [-0.2, 0) is 9.53 Å². The lowest BCUT2D eigenvalue weighted by Gasteiger charge is -2.16. The molecule has 0 saturated heterocycles. The molecule has 3 rings (SSSR count). The monoisotopic (exact) mass is 477 g/mol. The van der Waals surface area contributed by atoms with Crippen LogP contribution in [0.1, 0.15) is 42.0 Å². The fourth-order valence-corrected chi connectivity index (χ4v) is 4.26. The zero-order chi connectivity index (χ0) is 23.6. The van der Waals surface area contributed by atoms with E-state index in [2.05, 4.69) is 10.3 Å². The van der Waals surface area contributed by atoms with E-state index in [4.69, 9.17) is 21.1 Å². The molecule has 0 bridgehead atoms. The molecule has 2 aromatic heterocycles. The Balaban J connectivity index is 1.92. The van der Waals surface area contributed by atoms with Gasteiger partial charge in [0.1, 0.15) is 21.5 Å². The summed E-state index contributed by atoms with van der Waals surface area (Å²) in [7, 11) is 1.48. The lowest BCUT2D eigenvalue weighted by molar-refractivity contribution is -0.118. The first-order valence-electron chi connectivity index (χ1n) is 9.95. The van der Waals surface area contributed by atoms with E-state index in [1.54, 1.807) is 32.0 Å². The molecule has 3 aromatic rings. The van der Waals surface area contributed by atoms with Crippen molar-refractivity contribution in [2.75, 3.05) is 19.0 Å². The van der Waals surface area contributed by atoms with Gasteiger partial charge in [-0.05, 0) is 43.5 Å². The highest BCUT2D eigenvalue weighted by atomic mass is 35.5. The fraction of sp³-hybridized carbons (Fsp3) is 0.364. The van der Waals surface area contributed by atoms with Gasteiger partial charge in [0.15, 0.2) is 0 Å². The number of thiophene rings is 1. The van der Waals surface area contributed by atoms with Crippen LogP contribution in [0.2, 0.25) is 5.02 Å². The lowest BCUT2D eigenvalue weighted by atomic mass is 10.2. The molecule has 0 aliphatic rings. The molecule has 8 nitrogen and oxygen atoms in total. The zero-order valence-electron chi connectivity index (χ0n) is 18.4. The van der Waals surface area contributed by atoms with Crippen LogP contribution in [0.15, 0.2) is 29.3 Å². The summed E-state index contributed by atoms with van der Waals surface area (Å²) in [5, 5.41) is 3.46. The van der Waals surface area contributed by atoms with Gasteiger partial charge in [0, 0.05) is 5.02 Å². The SMILES string of the molecule is COc1ccc(Cl)cc1NC(=O)C(C)n1cnc2sc(C(=O)OCC(C)C)c(C)c2c1=O. The molecule has 0 aliphatic carbocycles. The Labute approximate surface area is 194 Å². The first-order chi connectivity index (χ1) is 15.1. The zero-order valence-corrected chi connectivity index (χ0v) is 20.0. The van der Waals surface area contributed by atoms with Gasteiger partial charge in [-0.15, -0.1) is 11.3 Å². The van der Waals surface area contributed by atoms with Gasteiger partial charge in [-0.2, -0.15) is 0 Å². The number of carbonyl (C=O) groups is 2. The standard InChI is InChI=1S/C22H24ClN3O5S/c1-11(2)9-31-22(29)18-12(3)17-20(32-18)24-10-26(21(17)28)13(4)19(27)25-15-8-14(23)6-7-16(15)30-5/h6-8,10-11,13H,9H2,1-5H3,(H,25,27). The summed E-state index contributed by atoms with van der Waals surface area (Å²) in [6.07, 6.45) is 1.31. The van der Waals surface area contributed by atoms with Crippen LogP contribution >= 0.6 is 22.9 Å². The molecule has 2 heterocycles. The van der Waals surface area contributed by atoms with Crippen molar-refractivity contribution >= 4 is 50.7 Å². The summed E-state index contributed by atoms with van der Waals surface area (Å²) in [6, 6.07) is 3.97. The van der Waals surface area contributed by atoms with Gasteiger partial charge >= 0.3 is 5.97 Å². The molecular formula is C22H24ClN3O5S. The van der Waals surface area contributed by atoms with E-state index in [0.717, 1.165) is 11.3 Å². The predicted molar refractivity (Wildman–Crippen MR) is 125 cm³/mol. The number of aryl methyl sites for hydroxylation is 1. The maximum atomic E-state index is 13.2. The molecule has 0 saturated carbocycles. The van der Waals surface area contributed by atoms with E-state index in [1.807, 2.05) is 13.8 Å². The highest BCUT2D eigenvalue weighted by Gasteiger charge is 2.24. The number of halogens is 1. The topological polar surface area (TPSA) is 99.5 Å². The predicted octanol–water partition coefficient (Wildman–Crippen LogP) is 4.44. The van der Waals surface area contributed by atoms with E-state index in [-0.39, 0.29) is 12.5 Å². The number of ether oxygens (including phenoxy) is 2. The maximum absolute atomic E-state index is 13.2. The van der Waals surface area contributed by atoms with Gasteiger partial charge in [-0.25, -0.2) is 9.78 Å². The molecule has 0 spiro atoms. The number of nitrogens with zero attached hydrogens (tertiary/aromatic N) is 2. The molecule has 1 unspecified atom stereocenters. The number of nitrogens with one attached hydrogen (secondary N) is 1. The van der Waals surface area contributed by atoms with Gasteiger partial charge in [-0.3, -0.25) is 14.2 Å². The number of carbonyl (C=O) groups excluding carboxylic acids is 2. The quantitative estimate of drug-likeness (QED) is 0.505. The van der Waals surface area contributed by atoms with Crippen molar-refractivity contribution in [1.82, 2.24) is 9.55 Å². The van der Waals surface area contributed by atoms with E-state index < -0.39 is 23.5 Å². The van der Waals surface area contributed by atoms with E-state index in [1.165, 1.54) is 18.0 Å². The van der Waals surface area contributed by atoms with Crippen LogP contribution in [0.5, 0.6) is 5.75 Å².